The molecule has 2 aliphatic heterocycles. The summed E-state index contributed by atoms with van der Waals surface area (Å²) in [6, 6.07) is 0. The van der Waals surface area contributed by atoms with E-state index < -0.39 is 66.3 Å². The summed E-state index contributed by atoms with van der Waals surface area (Å²) in [6.07, 6.45) is 3.19. The van der Waals surface area contributed by atoms with Crippen molar-refractivity contribution in [3.05, 3.63) is 12.2 Å². The molecule has 2 saturated heterocycles. The van der Waals surface area contributed by atoms with E-state index in [9.17, 15) is 19.2 Å². The van der Waals surface area contributed by atoms with Crippen LogP contribution in [0.4, 0.5) is 0 Å². The second kappa shape index (κ2) is 12.6. The minimum Gasteiger partial charge on any atom is -0.469 e. The summed E-state index contributed by atoms with van der Waals surface area (Å²) in [5, 5.41) is 0. The molecule has 3 rings (SSSR count). The zero-order valence-corrected chi connectivity index (χ0v) is 21.3. The van der Waals surface area contributed by atoms with E-state index >= 15 is 0 Å². The first kappa shape index (κ1) is 28.1. The molecule has 0 radical (unpaired) electrons. The van der Waals surface area contributed by atoms with Crippen LogP contribution in [0.15, 0.2) is 12.2 Å². The van der Waals surface area contributed by atoms with E-state index in [0.29, 0.717) is 12.8 Å². The van der Waals surface area contributed by atoms with Gasteiger partial charge in [-0.15, -0.1) is 0 Å². The van der Waals surface area contributed by atoms with Gasteiger partial charge in [0.1, 0.15) is 31.0 Å². The number of carbonyl (C=O) groups excluding carboxylic acids is 4. The molecule has 1 spiro atoms. The number of hydrogen-bond acceptors (Lipinski definition) is 11. The molecule has 3 aliphatic rings. The molecule has 11 heteroatoms. The molecule has 3 unspecified atom stereocenters. The highest BCUT2D eigenvalue weighted by Gasteiger charge is 2.60. The number of rotatable bonds is 9. The van der Waals surface area contributed by atoms with Crippen LogP contribution in [-0.4, -0.2) is 80.0 Å². The topological polar surface area (TPSA) is 133 Å². The fourth-order valence-corrected chi connectivity index (χ4v) is 4.99. The van der Waals surface area contributed by atoms with Gasteiger partial charge in [-0.1, -0.05) is 18.6 Å². The number of fused-ring (bicyclic) bond motifs is 1. The molecular formula is C25H36O11. The van der Waals surface area contributed by atoms with Crippen molar-refractivity contribution in [2.45, 2.75) is 108 Å². The van der Waals surface area contributed by atoms with Gasteiger partial charge in [-0.25, -0.2) is 0 Å². The SMILES string of the molecule is COC(=O)C/C=C/C[C@@H]1O[C@@H]([C@@H](COC(C)=O)OC(C)=O)C2OC3(CCCCC3)OC2C1OC(C)=O. The van der Waals surface area contributed by atoms with E-state index in [1.807, 2.05) is 0 Å². The average Bonchev–Trinajstić information content (AvgIpc) is 3.18. The fraction of sp³-hybridized carbons (Fsp3) is 0.760. The molecule has 1 saturated carbocycles. The lowest BCUT2D eigenvalue weighted by Gasteiger charge is -2.43. The van der Waals surface area contributed by atoms with E-state index in [4.69, 9.17) is 28.4 Å². The lowest BCUT2D eigenvalue weighted by atomic mass is 9.90. The third kappa shape index (κ3) is 7.27. The van der Waals surface area contributed by atoms with Gasteiger partial charge in [0, 0.05) is 33.6 Å². The Morgan fingerprint density at radius 1 is 0.944 bits per heavy atom. The number of hydrogen-bond donors (Lipinski definition) is 0. The molecule has 1 aliphatic carbocycles. The third-order valence-electron chi connectivity index (χ3n) is 6.47. The molecule has 11 nitrogen and oxygen atoms in total. The maximum Gasteiger partial charge on any atom is 0.309 e. The van der Waals surface area contributed by atoms with Crippen molar-refractivity contribution in [3.63, 3.8) is 0 Å². The monoisotopic (exact) mass is 512 g/mol. The number of ether oxygens (including phenoxy) is 7. The van der Waals surface area contributed by atoms with Crippen molar-refractivity contribution < 1.29 is 52.3 Å². The molecule has 0 aromatic carbocycles. The lowest BCUT2D eigenvalue weighted by Crippen LogP contribution is -2.61. The largest absolute Gasteiger partial charge is 0.469 e. The van der Waals surface area contributed by atoms with E-state index in [-0.39, 0.29) is 19.4 Å². The minimum absolute atomic E-state index is 0.0716. The van der Waals surface area contributed by atoms with Gasteiger partial charge in [-0.3, -0.25) is 19.2 Å². The summed E-state index contributed by atoms with van der Waals surface area (Å²) in [5.74, 6) is -2.87. The van der Waals surface area contributed by atoms with E-state index in [0.717, 1.165) is 19.3 Å². The van der Waals surface area contributed by atoms with Crippen LogP contribution in [-0.2, 0) is 52.3 Å². The summed E-state index contributed by atoms with van der Waals surface area (Å²) < 4.78 is 40.3. The molecular weight excluding hydrogens is 476 g/mol. The zero-order chi connectivity index (χ0) is 26.3. The summed E-state index contributed by atoms with van der Waals surface area (Å²) in [6.45, 7) is 3.58. The Morgan fingerprint density at radius 2 is 1.64 bits per heavy atom. The number of carbonyl (C=O) groups is 4. The van der Waals surface area contributed by atoms with Crippen LogP contribution in [0, 0.1) is 0 Å². The molecule has 202 valence electrons. The Kier molecular flexibility index (Phi) is 9.86. The summed E-state index contributed by atoms with van der Waals surface area (Å²) in [7, 11) is 1.30. The maximum absolute atomic E-state index is 12.0. The van der Waals surface area contributed by atoms with E-state index in [2.05, 4.69) is 4.74 Å². The molecule has 0 bridgehead atoms. The standard InChI is InChI=1S/C25H36O11/c1-15(26)31-14-19(32-16(2)27)22-24-23(35-25(36-24)12-8-5-9-13-25)21(33-17(3)28)18(34-22)10-6-7-11-20(29)30-4/h6-7,18-19,21-24H,5,8-14H2,1-4H3/b7-6+/t18-,19+,21?,22-,23?,24?/m0/s1. The van der Waals surface area contributed by atoms with Crippen molar-refractivity contribution in [2.24, 2.45) is 0 Å². The summed E-state index contributed by atoms with van der Waals surface area (Å²) in [4.78, 5) is 46.9. The Morgan fingerprint density at radius 3 is 2.25 bits per heavy atom. The van der Waals surface area contributed by atoms with Crippen molar-refractivity contribution in [3.8, 4) is 0 Å². The second-order valence-corrected chi connectivity index (χ2v) is 9.29. The first-order valence-corrected chi connectivity index (χ1v) is 12.3. The van der Waals surface area contributed by atoms with Crippen LogP contribution in [0.1, 0.15) is 65.7 Å². The third-order valence-corrected chi connectivity index (χ3v) is 6.47. The lowest BCUT2D eigenvalue weighted by molar-refractivity contribution is -0.232. The van der Waals surface area contributed by atoms with Crippen LogP contribution in [0.25, 0.3) is 0 Å². The van der Waals surface area contributed by atoms with Gasteiger partial charge in [0.15, 0.2) is 18.0 Å². The number of methoxy groups -OCH3 is 1. The van der Waals surface area contributed by atoms with Crippen LogP contribution in [0.2, 0.25) is 0 Å². The quantitative estimate of drug-likeness (QED) is 0.256. The minimum atomic E-state index is -0.971. The number of esters is 4. The molecule has 0 aromatic heterocycles. The summed E-state index contributed by atoms with van der Waals surface area (Å²) >= 11 is 0. The smallest absolute Gasteiger partial charge is 0.309 e. The first-order valence-electron chi connectivity index (χ1n) is 12.3. The molecule has 0 amide bonds. The van der Waals surface area contributed by atoms with Crippen LogP contribution in [0.3, 0.4) is 0 Å². The fourth-order valence-electron chi connectivity index (χ4n) is 4.99. The van der Waals surface area contributed by atoms with Gasteiger partial charge in [-0.2, -0.15) is 0 Å². The van der Waals surface area contributed by atoms with Gasteiger partial charge >= 0.3 is 23.9 Å². The van der Waals surface area contributed by atoms with Crippen LogP contribution < -0.4 is 0 Å². The van der Waals surface area contributed by atoms with Gasteiger partial charge in [0.05, 0.1) is 13.5 Å². The highest BCUT2D eigenvalue weighted by molar-refractivity contribution is 5.70. The van der Waals surface area contributed by atoms with Crippen molar-refractivity contribution in [1.82, 2.24) is 0 Å². The first-order chi connectivity index (χ1) is 17.1. The zero-order valence-electron chi connectivity index (χ0n) is 21.3. The second-order valence-electron chi connectivity index (χ2n) is 9.29. The highest BCUT2D eigenvalue weighted by atomic mass is 16.8. The Bertz CT molecular complexity index is 832. The molecule has 0 aromatic rings. The van der Waals surface area contributed by atoms with E-state index in [1.165, 1.54) is 27.9 Å². The van der Waals surface area contributed by atoms with Crippen molar-refractivity contribution >= 4 is 23.9 Å². The van der Waals surface area contributed by atoms with Gasteiger partial charge in [-0.05, 0) is 19.3 Å². The van der Waals surface area contributed by atoms with Gasteiger partial charge < -0.3 is 33.2 Å². The van der Waals surface area contributed by atoms with Crippen LogP contribution >= 0.6 is 0 Å². The van der Waals surface area contributed by atoms with Gasteiger partial charge in [0.2, 0.25) is 0 Å². The van der Waals surface area contributed by atoms with Crippen molar-refractivity contribution in [1.29, 1.82) is 0 Å². The van der Waals surface area contributed by atoms with Crippen LogP contribution in [0.5, 0.6) is 0 Å². The predicted molar refractivity (Wildman–Crippen MR) is 122 cm³/mol. The van der Waals surface area contributed by atoms with Crippen molar-refractivity contribution in [2.75, 3.05) is 13.7 Å². The Labute approximate surface area is 210 Å². The van der Waals surface area contributed by atoms with E-state index in [1.54, 1.807) is 12.2 Å². The molecule has 6 atom stereocenters. The maximum atomic E-state index is 12.0. The highest BCUT2D eigenvalue weighted by Crippen LogP contribution is 2.46. The Hall–Kier alpha value is -2.50. The predicted octanol–water partition coefficient (Wildman–Crippen LogP) is 2.13. The molecule has 36 heavy (non-hydrogen) atoms. The Balaban J connectivity index is 1.91. The normalized spacial score (nSPS) is 29.8. The van der Waals surface area contributed by atoms with Gasteiger partial charge in [0.25, 0.3) is 0 Å². The average molecular weight is 513 g/mol. The summed E-state index contributed by atoms with van der Waals surface area (Å²) in [5.41, 5.74) is 0. The molecule has 0 N–H and O–H groups in total. The molecule has 3 fully saturated rings. The molecule has 2 heterocycles.